The second-order valence-corrected chi connectivity index (χ2v) is 8.30. The van der Waals surface area contributed by atoms with Crippen molar-refractivity contribution >= 4 is 21.4 Å². The zero-order valence-electron chi connectivity index (χ0n) is 14.9. The maximum absolute atomic E-state index is 12.6. The average molecular weight is 375 g/mol. The smallest absolute Gasteiger partial charge is 0.228 e. The third-order valence-corrected chi connectivity index (χ3v) is 5.66. The Bertz CT molecular complexity index is 939. The summed E-state index contributed by atoms with van der Waals surface area (Å²) < 4.78 is 34.3. The molecule has 2 atom stereocenters. The van der Waals surface area contributed by atoms with Gasteiger partial charge in [0, 0.05) is 12.2 Å². The van der Waals surface area contributed by atoms with E-state index in [9.17, 15) is 13.2 Å². The van der Waals surface area contributed by atoms with E-state index in [0.717, 1.165) is 11.8 Å². The van der Waals surface area contributed by atoms with Crippen molar-refractivity contribution in [2.75, 3.05) is 25.8 Å². The quantitative estimate of drug-likeness (QED) is 0.840. The van der Waals surface area contributed by atoms with Gasteiger partial charge in [0.2, 0.25) is 5.91 Å². The van der Waals surface area contributed by atoms with Crippen LogP contribution < -0.4 is 14.8 Å². The predicted octanol–water partition coefficient (Wildman–Crippen LogP) is 2.85. The number of amides is 1. The summed E-state index contributed by atoms with van der Waals surface area (Å²) in [5.74, 6) is 0.972. The van der Waals surface area contributed by atoms with Crippen LogP contribution >= 0.6 is 0 Å². The van der Waals surface area contributed by atoms with Crippen LogP contribution in [0, 0.1) is 5.92 Å². The van der Waals surface area contributed by atoms with Gasteiger partial charge in [0.25, 0.3) is 0 Å². The third-order valence-electron chi connectivity index (χ3n) is 4.51. The Kier molecular flexibility index (Phi) is 4.91. The number of methoxy groups -OCH3 is 2. The molecule has 0 radical (unpaired) electrons. The van der Waals surface area contributed by atoms with E-state index in [4.69, 9.17) is 9.47 Å². The average Bonchev–Trinajstić information content (AvgIpc) is 3.41. The molecular weight excluding hydrogens is 354 g/mol. The molecule has 1 aliphatic carbocycles. The number of carbonyl (C=O) groups excluding carboxylic acids is 1. The molecule has 2 aromatic rings. The first-order chi connectivity index (χ1) is 12.3. The molecule has 26 heavy (non-hydrogen) atoms. The van der Waals surface area contributed by atoms with Gasteiger partial charge in [-0.15, -0.1) is 0 Å². The van der Waals surface area contributed by atoms with Crippen LogP contribution in [-0.2, 0) is 14.6 Å². The SMILES string of the molecule is COc1ccc(C2CC2C(=O)Nc2ccccc2S(C)(=O)=O)cc1OC. The molecule has 2 unspecified atom stereocenters. The molecular formula is C19H21NO5S. The number of para-hydroxylation sites is 1. The van der Waals surface area contributed by atoms with Gasteiger partial charge < -0.3 is 14.8 Å². The van der Waals surface area contributed by atoms with Gasteiger partial charge in [-0.2, -0.15) is 0 Å². The van der Waals surface area contributed by atoms with E-state index in [2.05, 4.69) is 5.32 Å². The summed E-state index contributed by atoms with van der Waals surface area (Å²) in [5, 5.41) is 2.76. The van der Waals surface area contributed by atoms with E-state index in [-0.39, 0.29) is 22.6 Å². The van der Waals surface area contributed by atoms with Crippen molar-refractivity contribution in [2.45, 2.75) is 17.2 Å². The summed E-state index contributed by atoms with van der Waals surface area (Å²) in [5.41, 5.74) is 1.32. The summed E-state index contributed by atoms with van der Waals surface area (Å²) in [7, 11) is -0.268. The highest BCUT2D eigenvalue weighted by molar-refractivity contribution is 7.90. The minimum atomic E-state index is -3.41. The molecule has 1 saturated carbocycles. The van der Waals surface area contributed by atoms with Crippen LogP contribution in [0.5, 0.6) is 11.5 Å². The van der Waals surface area contributed by atoms with E-state index >= 15 is 0 Å². The van der Waals surface area contributed by atoms with Crippen molar-refractivity contribution in [2.24, 2.45) is 5.92 Å². The molecule has 0 heterocycles. The monoisotopic (exact) mass is 375 g/mol. The minimum absolute atomic E-state index is 0.0835. The van der Waals surface area contributed by atoms with Gasteiger partial charge in [-0.05, 0) is 42.2 Å². The molecule has 1 amide bonds. The number of anilines is 1. The van der Waals surface area contributed by atoms with Crippen molar-refractivity contribution in [3.8, 4) is 11.5 Å². The lowest BCUT2D eigenvalue weighted by molar-refractivity contribution is -0.117. The number of rotatable bonds is 6. The molecule has 1 fully saturated rings. The van der Waals surface area contributed by atoms with Crippen LogP contribution in [0.4, 0.5) is 5.69 Å². The molecule has 7 heteroatoms. The van der Waals surface area contributed by atoms with Gasteiger partial charge in [0.15, 0.2) is 21.3 Å². The predicted molar refractivity (Wildman–Crippen MR) is 98.6 cm³/mol. The van der Waals surface area contributed by atoms with E-state index in [0.29, 0.717) is 23.6 Å². The van der Waals surface area contributed by atoms with Crippen LogP contribution in [0.25, 0.3) is 0 Å². The Labute approximate surface area is 153 Å². The number of ether oxygens (including phenoxy) is 2. The molecule has 0 saturated heterocycles. The number of carbonyl (C=O) groups is 1. The molecule has 1 aliphatic rings. The highest BCUT2D eigenvalue weighted by Crippen LogP contribution is 2.49. The highest BCUT2D eigenvalue weighted by atomic mass is 32.2. The van der Waals surface area contributed by atoms with E-state index in [1.165, 1.54) is 6.07 Å². The number of benzene rings is 2. The number of hydrogen-bond acceptors (Lipinski definition) is 5. The third kappa shape index (κ3) is 3.67. The summed E-state index contributed by atoms with van der Waals surface area (Å²) in [6.45, 7) is 0. The summed E-state index contributed by atoms with van der Waals surface area (Å²) >= 11 is 0. The van der Waals surface area contributed by atoms with Crippen molar-refractivity contribution in [3.63, 3.8) is 0 Å². The summed E-state index contributed by atoms with van der Waals surface area (Å²) in [6, 6.07) is 12.0. The molecule has 3 rings (SSSR count). The van der Waals surface area contributed by atoms with Gasteiger partial charge in [0.1, 0.15) is 0 Å². The van der Waals surface area contributed by atoms with Gasteiger partial charge in [-0.1, -0.05) is 18.2 Å². The van der Waals surface area contributed by atoms with Gasteiger partial charge in [-0.25, -0.2) is 8.42 Å². The molecule has 0 aromatic heterocycles. The lowest BCUT2D eigenvalue weighted by Gasteiger charge is -2.11. The van der Waals surface area contributed by atoms with Crippen molar-refractivity contribution in [1.29, 1.82) is 0 Å². The van der Waals surface area contributed by atoms with Crippen LogP contribution in [-0.4, -0.2) is 34.8 Å². The maximum atomic E-state index is 12.6. The molecule has 0 spiro atoms. The Morgan fingerprint density at radius 3 is 2.42 bits per heavy atom. The van der Waals surface area contributed by atoms with Gasteiger partial charge >= 0.3 is 0 Å². The summed E-state index contributed by atoms with van der Waals surface area (Å²) in [4.78, 5) is 12.7. The van der Waals surface area contributed by atoms with Gasteiger partial charge in [-0.3, -0.25) is 4.79 Å². The molecule has 0 bridgehead atoms. The zero-order chi connectivity index (χ0) is 18.9. The fraction of sp³-hybridized carbons (Fsp3) is 0.316. The number of nitrogens with one attached hydrogen (secondary N) is 1. The van der Waals surface area contributed by atoms with Crippen LogP contribution in [0.3, 0.4) is 0 Å². The molecule has 1 N–H and O–H groups in total. The highest BCUT2D eigenvalue weighted by Gasteiger charge is 2.44. The zero-order valence-corrected chi connectivity index (χ0v) is 15.7. The minimum Gasteiger partial charge on any atom is -0.493 e. The second-order valence-electron chi connectivity index (χ2n) is 6.32. The Hall–Kier alpha value is -2.54. The first kappa shape index (κ1) is 18.3. The first-order valence-corrected chi connectivity index (χ1v) is 10.1. The van der Waals surface area contributed by atoms with Crippen molar-refractivity contribution in [1.82, 2.24) is 0 Å². The lowest BCUT2D eigenvalue weighted by Crippen LogP contribution is -2.16. The van der Waals surface area contributed by atoms with E-state index in [1.54, 1.807) is 32.4 Å². The van der Waals surface area contributed by atoms with Crippen molar-refractivity contribution < 1.29 is 22.7 Å². The van der Waals surface area contributed by atoms with Crippen LogP contribution in [0.2, 0.25) is 0 Å². The molecule has 138 valence electrons. The lowest BCUT2D eigenvalue weighted by atomic mass is 10.1. The number of hydrogen-bond donors (Lipinski definition) is 1. The Morgan fingerprint density at radius 1 is 1.08 bits per heavy atom. The first-order valence-electron chi connectivity index (χ1n) is 8.17. The fourth-order valence-electron chi connectivity index (χ4n) is 3.06. The standard InChI is InChI=1S/C19H21NO5S/c1-24-16-9-8-12(10-17(16)25-2)13-11-14(13)19(21)20-15-6-4-5-7-18(15)26(3,22)23/h4-10,13-14H,11H2,1-3H3,(H,20,21). The van der Waals surface area contributed by atoms with E-state index in [1.807, 2.05) is 18.2 Å². The Balaban J connectivity index is 1.75. The maximum Gasteiger partial charge on any atom is 0.228 e. The van der Waals surface area contributed by atoms with Crippen molar-refractivity contribution in [3.05, 3.63) is 48.0 Å². The van der Waals surface area contributed by atoms with Crippen LogP contribution in [0.1, 0.15) is 17.9 Å². The molecule has 6 nitrogen and oxygen atoms in total. The second kappa shape index (κ2) is 6.99. The van der Waals surface area contributed by atoms with E-state index < -0.39 is 9.84 Å². The normalized spacial score (nSPS) is 18.9. The van der Waals surface area contributed by atoms with Gasteiger partial charge in [0.05, 0.1) is 24.8 Å². The molecule has 0 aliphatic heterocycles. The Morgan fingerprint density at radius 2 is 1.77 bits per heavy atom. The fourth-order valence-corrected chi connectivity index (χ4v) is 3.90. The summed E-state index contributed by atoms with van der Waals surface area (Å²) in [6.07, 6.45) is 1.84. The topological polar surface area (TPSA) is 81.7 Å². The largest absolute Gasteiger partial charge is 0.493 e. The molecule has 2 aromatic carbocycles. The van der Waals surface area contributed by atoms with Crippen LogP contribution in [0.15, 0.2) is 47.4 Å². The number of sulfone groups is 1.